The van der Waals surface area contributed by atoms with Crippen molar-refractivity contribution in [2.75, 3.05) is 13.6 Å². The van der Waals surface area contributed by atoms with Crippen molar-refractivity contribution >= 4 is 11.6 Å². The molecular formula is C16H25ClN2. The number of halogens is 1. The van der Waals surface area contributed by atoms with Crippen LogP contribution in [0.5, 0.6) is 0 Å². The maximum atomic E-state index is 6.25. The minimum Gasteiger partial charge on any atom is -0.329 e. The lowest BCUT2D eigenvalue weighted by Gasteiger charge is -2.43. The Bertz CT molecular complexity index is 417. The zero-order chi connectivity index (χ0) is 13.9. The Morgan fingerprint density at radius 1 is 1.37 bits per heavy atom. The predicted molar refractivity (Wildman–Crippen MR) is 82.3 cm³/mol. The van der Waals surface area contributed by atoms with E-state index in [1.807, 2.05) is 18.2 Å². The molecule has 1 unspecified atom stereocenters. The number of hydrogen-bond donors (Lipinski definition) is 1. The van der Waals surface area contributed by atoms with Crippen molar-refractivity contribution in [1.29, 1.82) is 0 Å². The van der Waals surface area contributed by atoms with E-state index in [0.29, 0.717) is 6.54 Å². The smallest absolute Gasteiger partial charge is 0.0451 e. The molecule has 19 heavy (non-hydrogen) atoms. The van der Waals surface area contributed by atoms with Gasteiger partial charge in [0.2, 0.25) is 0 Å². The van der Waals surface area contributed by atoms with Gasteiger partial charge in [-0.3, -0.25) is 4.90 Å². The van der Waals surface area contributed by atoms with Crippen LogP contribution in [0, 0.1) is 5.92 Å². The highest BCUT2D eigenvalue weighted by atomic mass is 35.5. The fraction of sp³-hybridized carbons (Fsp3) is 0.625. The molecule has 1 atom stereocenters. The standard InChI is InChI=1S/C16H25ClN2/c1-16(12-18,10-13-6-5-7-13)19(2)11-14-8-3-4-9-15(14)17/h3-4,8-9,13H,5-7,10-12,18H2,1-2H3. The summed E-state index contributed by atoms with van der Waals surface area (Å²) in [6, 6.07) is 8.07. The second-order valence-electron chi connectivity index (χ2n) is 6.15. The van der Waals surface area contributed by atoms with Gasteiger partial charge in [0.1, 0.15) is 0 Å². The molecular weight excluding hydrogens is 256 g/mol. The SMILES string of the molecule is CN(Cc1ccccc1Cl)C(C)(CN)CC1CCC1. The second-order valence-corrected chi connectivity index (χ2v) is 6.56. The van der Waals surface area contributed by atoms with E-state index in [0.717, 1.165) is 17.5 Å². The Balaban J connectivity index is 2.03. The monoisotopic (exact) mass is 280 g/mol. The molecule has 2 N–H and O–H groups in total. The van der Waals surface area contributed by atoms with Gasteiger partial charge in [0.15, 0.2) is 0 Å². The third-order valence-electron chi connectivity index (χ3n) is 4.68. The highest BCUT2D eigenvalue weighted by molar-refractivity contribution is 6.31. The van der Waals surface area contributed by atoms with Gasteiger partial charge in [0.05, 0.1) is 0 Å². The van der Waals surface area contributed by atoms with Crippen LogP contribution in [0.2, 0.25) is 5.02 Å². The Morgan fingerprint density at radius 3 is 2.58 bits per heavy atom. The fourth-order valence-corrected chi connectivity index (χ4v) is 2.98. The molecule has 2 rings (SSSR count). The van der Waals surface area contributed by atoms with E-state index in [4.69, 9.17) is 17.3 Å². The molecule has 3 heteroatoms. The van der Waals surface area contributed by atoms with Crippen molar-refractivity contribution < 1.29 is 0 Å². The molecule has 2 nitrogen and oxygen atoms in total. The summed E-state index contributed by atoms with van der Waals surface area (Å²) in [7, 11) is 2.16. The van der Waals surface area contributed by atoms with Crippen LogP contribution in [0.25, 0.3) is 0 Å². The summed E-state index contributed by atoms with van der Waals surface area (Å²) in [6.45, 7) is 3.84. The summed E-state index contributed by atoms with van der Waals surface area (Å²) >= 11 is 6.25. The van der Waals surface area contributed by atoms with Gasteiger partial charge in [-0.1, -0.05) is 49.1 Å². The maximum Gasteiger partial charge on any atom is 0.0451 e. The second kappa shape index (κ2) is 6.25. The first-order valence-corrected chi connectivity index (χ1v) is 7.57. The molecule has 1 saturated carbocycles. The predicted octanol–water partition coefficient (Wildman–Crippen LogP) is 3.68. The topological polar surface area (TPSA) is 29.3 Å². The summed E-state index contributed by atoms with van der Waals surface area (Å²) in [6.07, 6.45) is 5.33. The van der Waals surface area contributed by atoms with E-state index >= 15 is 0 Å². The highest BCUT2D eigenvalue weighted by Crippen LogP contribution is 2.36. The largest absolute Gasteiger partial charge is 0.329 e. The molecule has 0 bridgehead atoms. The first kappa shape index (κ1) is 14.8. The van der Waals surface area contributed by atoms with Gasteiger partial charge in [-0.15, -0.1) is 0 Å². The highest BCUT2D eigenvalue weighted by Gasteiger charge is 2.33. The molecule has 0 amide bonds. The third-order valence-corrected chi connectivity index (χ3v) is 5.05. The Morgan fingerprint density at radius 2 is 2.05 bits per heavy atom. The fourth-order valence-electron chi connectivity index (χ4n) is 2.79. The molecule has 0 heterocycles. The first-order chi connectivity index (χ1) is 9.05. The van der Waals surface area contributed by atoms with Gasteiger partial charge in [0.25, 0.3) is 0 Å². The number of benzene rings is 1. The van der Waals surface area contributed by atoms with E-state index in [1.54, 1.807) is 0 Å². The van der Waals surface area contributed by atoms with Gasteiger partial charge in [-0.25, -0.2) is 0 Å². The molecule has 0 spiro atoms. The van der Waals surface area contributed by atoms with Crippen molar-refractivity contribution in [3.8, 4) is 0 Å². The molecule has 1 aromatic rings. The minimum absolute atomic E-state index is 0.0737. The summed E-state index contributed by atoms with van der Waals surface area (Å²) in [5, 5.41) is 0.845. The average molecular weight is 281 g/mol. The van der Waals surface area contributed by atoms with E-state index in [9.17, 15) is 0 Å². The van der Waals surface area contributed by atoms with Crippen molar-refractivity contribution in [2.24, 2.45) is 11.7 Å². The normalized spacial score (nSPS) is 19.2. The number of hydrogen-bond acceptors (Lipinski definition) is 2. The van der Waals surface area contributed by atoms with Gasteiger partial charge in [-0.05, 0) is 37.9 Å². The number of nitrogens with two attached hydrogens (primary N) is 1. The summed E-state index contributed by atoms with van der Waals surface area (Å²) in [4.78, 5) is 2.37. The van der Waals surface area contributed by atoms with Crippen molar-refractivity contribution in [2.45, 2.75) is 44.7 Å². The average Bonchev–Trinajstić information content (AvgIpc) is 2.36. The molecule has 1 fully saturated rings. The zero-order valence-corrected chi connectivity index (χ0v) is 12.8. The molecule has 0 aliphatic heterocycles. The Labute approximate surface area is 121 Å². The first-order valence-electron chi connectivity index (χ1n) is 7.20. The molecule has 106 valence electrons. The minimum atomic E-state index is 0.0737. The summed E-state index contributed by atoms with van der Waals surface area (Å²) in [5.41, 5.74) is 7.31. The van der Waals surface area contributed by atoms with E-state index in [1.165, 1.54) is 31.2 Å². The van der Waals surface area contributed by atoms with E-state index in [-0.39, 0.29) is 5.54 Å². The van der Waals surface area contributed by atoms with Crippen molar-refractivity contribution in [1.82, 2.24) is 4.90 Å². The molecule has 0 saturated heterocycles. The van der Waals surface area contributed by atoms with Gasteiger partial charge < -0.3 is 5.73 Å². The Kier molecular flexibility index (Phi) is 4.88. The lowest BCUT2D eigenvalue weighted by molar-refractivity contribution is 0.0857. The van der Waals surface area contributed by atoms with Crippen LogP contribution in [-0.2, 0) is 6.54 Å². The quantitative estimate of drug-likeness (QED) is 0.861. The number of nitrogens with zero attached hydrogens (tertiary/aromatic N) is 1. The molecule has 0 aromatic heterocycles. The lowest BCUT2D eigenvalue weighted by atomic mass is 9.76. The van der Waals surface area contributed by atoms with Crippen LogP contribution in [0.15, 0.2) is 24.3 Å². The van der Waals surface area contributed by atoms with E-state index in [2.05, 4.69) is 24.9 Å². The van der Waals surface area contributed by atoms with Gasteiger partial charge in [-0.2, -0.15) is 0 Å². The van der Waals surface area contributed by atoms with Crippen LogP contribution in [0.3, 0.4) is 0 Å². The van der Waals surface area contributed by atoms with Gasteiger partial charge in [0, 0.05) is 23.7 Å². The summed E-state index contributed by atoms with van der Waals surface area (Å²) < 4.78 is 0. The van der Waals surface area contributed by atoms with Gasteiger partial charge >= 0.3 is 0 Å². The van der Waals surface area contributed by atoms with Crippen molar-refractivity contribution in [3.05, 3.63) is 34.9 Å². The third kappa shape index (κ3) is 3.50. The lowest BCUT2D eigenvalue weighted by Crippen LogP contribution is -2.51. The maximum absolute atomic E-state index is 6.25. The molecule has 0 radical (unpaired) electrons. The van der Waals surface area contributed by atoms with Crippen LogP contribution in [-0.4, -0.2) is 24.0 Å². The summed E-state index contributed by atoms with van der Waals surface area (Å²) in [5.74, 6) is 0.863. The van der Waals surface area contributed by atoms with Crippen LogP contribution >= 0.6 is 11.6 Å². The van der Waals surface area contributed by atoms with E-state index < -0.39 is 0 Å². The zero-order valence-electron chi connectivity index (χ0n) is 12.0. The van der Waals surface area contributed by atoms with Crippen LogP contribution < -0.4 is 5.73 Å². The van der Waals surface area contributed by atoms with Crippen LogP contribution in [0.4, 0.5) is 0 Å². The Hall–Kier alpha value is -0.570. The number of likely N-dealkylation sites (N-methyl/N-ethyl adjacent to an activating group) is 1. The van der Waals surface area contributed by atoms with Crippen LogP contribution in [0.1, 0.15) is 38.2 Å². The molecule has 1 aromatic carbocycles. The molecule has 1 aliphatic carbocycles. The van der Waals surface area contributed by atoms with Crippen molar-refractivity contribution in [3.63, 3.8) is 0 Å². The number of rotatable bonds is 6. The molecule has 1 aliphatic rings.